The van der Waals surface area contributed by atoms with Crippen LogP contribution in [0.3, 0.4) is 0 Å². The third-order valence-electron chi connectivity index (χ3n) is 7.49. The van der Waals surface area contributed by atoms with Crippen LogP contribution in [-0.4, -0.2) is 78.4 Å². The number of ether oxygens (including phenoxy) is 2. The molecule has 2 aliphatic heterocycles. The molecule has 37 heavy (non-hydrogen) atoms. The number of nitriles is 1. The molecule has 2 fully saturated rings. The molecule has 2 aliphatic rings. The first-order valence-electron chi connectivity index (χ1n) is 13.9. The minimum atomic E-state index is -1.50. The van der Waals surface area contributed by atoms with E-state index >= 15 is 4.39 Å². The van der Waals surface area contributed by atoms with Crippen molar-refractivity contribution in [1.29, 1.82) is 5.26 Å². The van der Waals surface area contributed by atoms with Crippen molar-refractivity contribution in [2.75, 3.05) is 32.9 Å². The minimum absolute atomic E-state index is 0.227. The number of halogens is 2. The molecule has 0 aromatic carbocycles. The van der Waals surface area contributed by atoms with Crippen molar-refractivity contribution in [2.45, 2.75) is 123 Å². The van der Waals surface area contributed by atoms with E-state index in [2.05, 4.69) is 24.6 Å². The van der Waals surface area contributed by atoms with Crippen LogP contribution in [0.25, 0.3) is 0 Å². The van der Waals surface area contributed by atoms with Crippen molar-refractivity contribution < 1.29 is 32.4 Å². The summed E-state index contributed by atoms with van der Waals surface area (Å²) >= 11 is 0. The van der Waals surface area contributed by atoms with Crippen molar-refractivity contribution in [3.05, 3.63) is 0 Å². The normalized spacial score (nSPS) is 36.9. The molecule has 2 rings (SSSR count). The molecule has 218 valence electrons. The fourth-order valence-corrected chi connectivity index (χ4v) is 6.29. The van der Waals surface area contributed by atoms with Gasteiger partial charge in [-0.25, -0.2) is 13.5 Å². The second-order valence-corrected chi connectivity index (χ2v) is 12.1. The Kier molecular flexibility index (Phi) is 15.5. The average molecular weight is 553 g/mol. The Bertz CT molecular complexity index is 676. The first-order valence-corrected chi connectivity index (χ1v) is 15.1. The van der Waals surface area contributed by atoms with E-state index in [-0.39, 0.29) is 24.0 Å². The van der Waals surface area contributed by atoms with Crippen molar-refractivity contribution in [2.24, 2.45) is 11.8 Å². The Labute approximate surface area is 225 Å². The maximum atomic E-state index is 15.4. The average Bonchev–Trinajstić information content (AvgIpc) is 2.86. The number of alkyl halides is 2. The quantitative estimate of drug-likeness (QED) is 0.223. The standard InChI is InChI=1S/C18H34FN2O3P.C9H17FO2/c1-6-11-21(12-7-2)25(23-13-9-10-20)24-17-16(8-3)22-14-15(4)18(17,5)19;1-4-7-8(11)9(3,10)6(2)5-12-7/h15-17H,6-9,11-14H2,1-5H3;6-8,11H,4-5H2,1-3H3/t15-,16-,17?,18+,25?;6-,7-,8?,9+/m11/s1. The SMILES string of the molecule is CCCN(CCC)P(OCCC#N)OC1[C@@H](CC)OC[C@@H](C)[C@]1(C)F.CC[C@H]1OC[C@@H](C)[C@](C)(F)C1O. The van der Waals surface area contributed by atoms with Crippen LogP contribution in [0.2, 0.25) is 0 Å². The number of nitrogens with zero attached hydrogens (tertiary/aromatic N) is 2. The summed E-state index contributed by atoms with van der Waals surface area (Å²) in [6.45, 7) is 17.5. The highest BCUT2D eigenvalue weighted by atomic mass is 31.2. The van der Waals surface area contributed by atoms with Crippen LogP contribution < -0.4 is 0 Å². The fraction of sp³-hybridized carbons (Fsp3) is 0.963. The second-order valence-electron chi connectivity index (χ2n) is 10.6. The van der Waals surface area contributed by atoms with Gasteiger partial charge in [-0.1, -0.05) is 41.5 Å². The molecule has 0 bridgehead atoms. The lowest BCUT2D eigenvalue weighted by molar-refractivity contribution is -0.178. The van der Waals surface area contributed by atoms with Crippen molar-refractivity contribution in [3.8, 4) is 6.07 Å². The Morgan fingerprint density at radius 3 is 1.97 bits per heavy atom. The van der Waals surface area contributed by atoms with Crippen molar-refractivity contribution >= 4 is 8.53 Å². The predicted molar refractivity (Wildman–Crippen MR) is 144 cm³/mol. The molecular weight excluding hydrogens is 501 g/mol. The summed E-state index contributed by atoms with van der Waals surface area (Å²) in [5.74, 6) is -0.461. The summed E-state index contributed by atoms with van der Waals surface area (Å²) in [7, 11) is -1.42. The molecule has 7 nitrogen and oxygen atoms in total. The van der Waals surface area contributed by atoms with Crippen LogP contribution >= 0.6 is 8.53 Å². The Hall–Kier alpha value is -0.460. The molecule has 2 saturated heterocycles. The van der Waals surface area contributed by atoms with E-state index < -0.39 is 32.1 Å². The molecule has 0 amide bonds. The van der Waals surface area contributed by atoms with Crippen LogP contribution in [0.4, 0.5) is 8.78 Å². The van der Waals surface area contributed by atoms with E-state index in [1.54, 1.807) is 13.8 Å². The zero-order valence-corrected chi connectivity index (χ0v) is 25.1. The van der Waals surface area contributed by atoms with Gasteiger partial charge < -0.3 is 23.6 Å². The first-order chi connectivity index (χ1) is 17.4. The van der Waals surface area contributed by atoms with Gasteiger partial charge in [0.2, 0.25) is 0 Å². The number of aliphatic hydroxyl groups excluding tert-OH is 1. The van der Waals surface area contributed by atoms with E-state index in [1.807, 2.05) is 20.8 Å². The van der Waals surface area contributed by atoms with Gasteiger partial charge in [0.1, 0.15) is 23.5 Å². The van der Waals surface area contributed by atoms with Gasteiger partial charge in [0.25, 0.3) is 8.53 Å². The van der Waals surface area contributed by atoms with Crippen molar-refractivity contribution in [3.63, 3.8) is 0 Å². The van der Waals surface area contributed by atoms with Crippen LogP contribution in [0.1, 0.15) is 87.5 Å². The summed E-state index contributed by atoms with van der Waals surface area (Å²) in [5.41, 5.74) is -2.97. The molecule has 0 radical (unpaired) electrons. The highest BCUT2D eigenvalue weighted by molar-refractivity contribution is 7.44. The number of hydrogen-bond acceptors (Lipinski definition) is 7. The fourth-order valence-electron chi connectivity index (χ4n) is 4.42. The zero-order chi connectivity index (χ0) is 28.2. The molecule has 0 aliphatic carbocycles. The van der Waals surface area contributed by atoms with Crippen LogP contribution in [0.5, 0.6) is 0 Å². The molecule has 3 unspecified atom stereocenters. The van der Waals surface area contributed by atoms with E-state index in [1.165, 1.54) is 6.92 Å². The Morgan fingerprint density at radius 1 is 0.973 bits per heavy atom. The monoisotopic (exact) mass is 552 g/mol. The molecule has 0 aromatic rings. The summed E-state index contributed by atoms with van der Waals surface area (Å²) in [6, 6.07) is 2.09. The van der Waals surface area contributed by atoms with Gasteiger partial charge in [0, 0.05) is 24.9 Å². The van der Waals surface area contributed by atoms with E-state index in [0.29, 0.717) is 39.1 Å². The van der Waals surface area contributed by atoms with Gasteiger partial charge in [-0.2, -0.15) is 5.26 Å². The van der Waals surface area contributed by atoms with E-state index in [4.69, 9.17) is 23.8 Å². The third-order valence-corrected chi connectivity index (χ3v) is 9.16. The lowest BCUT2D eigenvalue weighted by Gasteiger charge is -2.45. The zero-order valence-electron chi connectivity index (χ0n) is 24.2. The summed E-state index contributed by atoms with van der Waals surface area (Å²) in [6.07, 6.45) is 1.33. The van der Waals surface area contributed by atoms with Gasteiger partial charge in [0.15, 0.2) is 0 Å². The largest absolute Gasteiger partial charge is 0.387 e. The van der Waals surface area contributed by atoms with Gasteiger partial charge in [-0.05, 0) is 39.5 Å². The van der Waals surface area contributed by atoms with Crippen molar-refractivity contribution in [1.82, 2.24) is 4.67 Å². The maximum absolute atomic E-state index is 15.4. The maximum Gasteiger partial charge on any atom is 0.259 e. The molecule has 9 atom stereocenters. The summed E-state index contributed by atoms with van der Waals surface area (Å²) < 4.78 is 54.6. The van der Waals surface area contributed by atoms with E-state index in [9.17, 15) is 9.50 Å². The third kappa shape index (κ3) is 9.60. The molecule has 0 aromatic heterocycles. The summed E-state index contributed by atoms with van der Waals surface area (Å²) in [5, 5.41) is 18.4. The topological polar surface area (TPSA) is 84.2 Å². The molecule has 0 spiro atoms. The second kappa shape index (κ2) is 16.6. The molecule has 10 heteroatoms. The number of rotatable bonds is 12. The summed E-state index contributed by atoms with van der Waals surface area (Å²) in [4.78, 5) is 0. The van der Waals surface area contributed by atoms with E-state index in [0.717, 1.165) is 25.9 Å². The van der Waals surface area contributed by atoms with Crippen LogP contribution in [0.15, 0.2) is 0 Å². The highest BCUT2D eigenvalue weighted by Gasteiger charge is 2.50. The lowest BCUT2D eigenvalue weighted by Crippen LogP contribution is -2.55. The first kappa shape index (κ1) is 34.6. The van der Waals surface area contributed by atoms with Crippen LogP contribution in [-0.2, 0) is 18.5 Å². The van der Waals surface area contributed by atoms with Crippen LogP contribution in [0, 0.1) is 23.2 Å². The van der Waals surface area contributed by atoms with Gasteiger partial charge in [0.05, 0.1) is 44.5 Å². The highest BCUT2D eigenvalue weighted by Crippen LogP contribution is 2.49. The van der Waals surface area contributed by atoms with Gasteiger partial charge in [-0.3, -0.25) is 0 Å². The molecule has 2 heterocycles. The Balaban J connectivity index is 0.000000474. The molecule has 0 saturated carbocycles. The number of aliphatic hydroxyl groups is 1. The van der Waals surface area contributed by atoms with Gasteiger partial charge in [-0.15, -0.1) is 0 Å². The molecular formula is C27H51F2N2O5P. The lowest BCUT2D eigenvalue weighted by atomic mass is 9.82. The predicted octanol–water partition coefficient (Wildman–Crippen LogP) is 6.34. The Morgan fingerprint density at radius 2 is 1.49 bits per heavy atom. The smallest absolute Gasteiger partial charge is 0.259 e. The number of hydrogen-bond donors (Lipinski definition) is 1. The van der Waals surface area contributed by atoms with Gasteiger partial charge >= 0.3 is 0 Å². The minimum Gasteiger partial charge on any atom is -0.387 e. The molecule has 1 N–H and O–H groups in total.